The van der Waals surface area contributed by atoms with Crippen molar-refractivity contribution in [1.82, 2.24) is 14.8 Å². The molecular formula is C16H24N4O2S. The van der Waals surface area contributed by atoms with Crippen molar-refractivity contribution in [3.63, 3.8) is 0 Å². The van der Waals surface area contributed by atoms with E-state index in [-0.39, 0.29) is 18.0 Å². The van der Waals surface area contributed by atoms with E-state index in [4.69, 9.17) is 0 Å². The molecule has 0 unspecified atom stereocenters. The van der Waals surface area contributed by atoms with Crippen LogP contribution in [0.3, 0.4) is 0 Å². The summed E-state index contributed by atoms with van der Waals surface area (Å²) in [5.41, 5.74) is 1.17. The number of rotatable bonds is 2. The summed E-state index contributed by atoms with van der Waals surface area (Å²) in [6.45, 7) is 2.95. The van der Waals surface area contributed by atoms with Gasteiger partial charge in [-0.05, 0) is 38.5 Å². The van der Waals surface area contributed by atoms with Crippen LogP contribution in [-0.4, -0.2) is 52.9 Å². The highest BCUT2D eigenvalue weighted by molar-refractivity contribution is 7.15. The molecule has 1 aliphatic carbocycles. The minimum atomic E-state index is -0.0694. The summed E-state index contributed by atoms with van der Waals surface area (Å²) in [6.07, 6.45) is 6.20. The van der Waals surface area contributed by atoms with Gasteiger partial charge in [0.1, 0.15) is 0 Å². The van der Waals surface area contributed by atoms with Gasteiger partial charge in [-0.1, -0.05) is 0 Å². The standard InChI is InChI=1S/C16H24N4O2S/c1-11(21)19(2)12-7-9-20(10-8-12)16(22)18-15-17-13-5-3-4-6-14(13)23-15/h12H,3-10H2,1-2H3,(H,17,18,22). The number of hydrogen-bond acceptors (Lipinski definition) is 4. The van der Waals surface area contributed by atoms with Crippen LogP contribution in [0, 0.1) is 0 Å². The molecule has 3 rings (SSSR count). The highest BCUT2D eigenvalue weighted by atomic mass is 32.1. The summed E-state index contributed by atoms with van der Waals surface area (Å²) >= 11 is 1.61. The molecule has 6 nitrogen and oxygen atoms in total. The van der Waals surface area contributed by atoms with Crippen LogP contribution < -0.4 is 5.32 Å². The zero-order chi connectivity index (χ0) is 16.4. The number of nitrogens with zero attached hydrogens (tertiary/aromatic N) is 3. The molecule has 126 valence electrons. The van der Waals surface area contributed by atoms with Crippen molar-refractivity contribution in [3.05, 3.63) is 10.6 Å². The number of carbonyl (C=O) groups excluding carboxylic acids is 2. The van der Waals surface area contributed by atoms with Crippen molar-refractivity contribution in [3.8, 4) is 0 Å². The van der Waals surface area contributed by atoms with E-state index >= 15 is 0 Å². The third kappa shape index (κ3) is 3.65. The van der Waals surface area contributed by atoms with Crippen LogP contribution in [0.5, 0.6) is 0 Å². The lowest BCUT2D eigenvalue weighted by molar-refractivity contribution is -0.130. The zero-order valence-corrected chi connectivity index (χ0v) is 14.6. The lowest BCUT2D eigenvalue weighted by Crippen LogP contribution is -2.47. The first kappa shape index (κ1) is 16.2. The zero-order valence-electron chi connectivity index (χ0n) is 13.8. The summed E-state index contributed by atoms with van der Waals surface area (Å²) in [5, 5.41) is 3.68. The average Bonchev–Trinajstić information content (AvgIpc) is 2.96. The van der Waals surface area contributed by atoms with Crippen LogP contribution in [-0.2, 0) is 17.6 Å². The van der Waals surface area contributed by atoms with E-state index in [0.29, 0.717) is 13.1 Å². The van der Waals surface area contributed by atoms with Gasteiger partial charge in [-0.2, -0.15) is 0 Å². The van der Waals surface area contributed by atoms with E-state index in [9.17, 15) is 9.59 Å². The minimum Gasteiger partial charge on any atom is -0.343 e. The molecule has 0 aromatic carbocycles. The van der Waals surface area contributed by atoms with Crippen LogP contribution in [0.25, 0.3) is 0 Å². The molecule has 0 saturated carbocycles. The second-order valence-corrected chi connectivity index (χ2v) is 7.46. The van der Waals surface area contributed by atoms with E-state index < -0.39 is 0 Å². The van der Waals surface area contributed by atoms with Crippen molar-refractivity contribution < 1.29 is 9.59 Å². The summed E-state index contributed by atoms with van der Waals surface area (Å²) < 4.78 is 0. The van der Waals surface area contributed by atoms with Crippen LogP contribution in [0.2, 0.25) is 0 Å². The summed E-state index contributed by atoms with van der Waals surface area (Å²) in [6, 6.07) is 0.170. The molecule has 1 fully saturated rings. The molecule has 1 saturated heterocycles. The molecule has 2 aliphatic rings. The molecule has 1 aromatic rings. The number of urea groups is 1. The highest BCUT2D eigenvalue weighted by Gasteiger charge is 2.27. The number of aryl methyl sites for hydroxylation is 2. The van der Waals surface area contributed by atoms with E-state index in [1.54, 1.807) is 23.2 Å². The lowest BCUT2D eigenvalue weighted by Gasteiger charge is -2.36. The maximum Gasteiger partial charge on any atom is 0.323 e. The molecule has 1 aromatic heterocycles. The number of hydrogen-bond donors (Lipinski definition) is 1. The fourth-order valence-electron chi connectivity index (χ4n) is 3.29. The van der Waals surface area contributed by atoms with Gasteiger partial charge in [-0.15, -0.1) is 11.3 Å². The van der Waals surface area contributed by atoms with Gasteiger partial charge in [0, 0.05) is 38.0 Å². The van der Waals surface area contributed by atoms with Crippen LogP contribution in [0.1, 0.15) is 43.2 Å². The van der Waals surface area contributed by atoms with Gasteiger partial charge in [0.25, 0.3) is 0 Å². The van der Waals surface area contributed by atoms with E-state index in [1.165, 1.54) is 23.4 Å². The number of amides is 3. The topological polar surface area (TPSA) is 65.5 Å². The summed E-state index contributed by atoms with van der Waals surface area (Å²) in [4.78, 5) is 33.3. The third-order valence-corrected chi connectivity index (χ3v) is 5.93. The Morgan fingerprint density at radius 2 is 1.96 bits per heavy atom. The molecule has 1 aliphatic heterocycles. The van der Waals surface area contributed by atoms with Crippen LogP contribution in [0.15, 0.2) is 0 Å². The van der Waals surface area contributed by atoms with Crippen molar-refractivity contribution in [2.45, 2.75) is 51.5 Å². The molecule has 7 heteroatoms. The van der Waals surface area contributed by atoms with Crippen molar-refractivity contribution in [2.75, 3.05) is 25.5 Å². The largest absolute Gasteiger partial charge is 0.343 e. The van der Waals surface area contributed by atoms with Crippen molar-refractivity contribution >= 4 is 28.4 Å². The van der Waals surface area contributed by atoms with E-state index in [1.807, 2.05) is 11.9 Å². The Morgan fingerprint density at radius 3 is 2.61 bits per heavy atom. The van der Waals surface area contributed by atoms with Crippen LogP contribution in [0.4, 0.5) is 9.93 Å². The van der Waals surface area contributed by atoms with Gasteiger partial charge in [-0.25, -0.2) is 9.78 Å². The van der Waals surface area contributed by atoms with Gasteiger partial charge in [0.2, 0.25) is 5.91 Å². The molecule has 0 bridgehead atoms. The molecule has 0 radical (unpaired) electrons. The molecule has 2 heterocycles. The fraction of sp³-hybridized carbons (Fsp3) is 0.688. The molecule has 3 amide bonds. The summed E-state index contributed by atoms with van der Waals surface area (Å²) in [5.74, 6) is 0.0845. The Kier molecular flexibility index (Phi) is 4.84. The Morgan fingerprint density at radius 1 is 1.26 bits per heavy atom. The first-order valence-corrected chi connectivity index (χ1v) is 9.14. The Labute approximate surface area is 140 Å². The number of likely N-dealkylation sites (tertiary alicyclic amines) is 1. The second kappa shape index (κ2) is 6.86. The number of thiazole rings is 1. The van der Waals surface area contributed by atoms with Crippen molar-refractivity contribution in [2.24, 2.45) is 0 Å². The Bertz CT molecular complexity index is 569. The lowest BCUT2D eigenvalue weighted by atomic mass is 10.0. The first-order valence-electron chi connectivity index (χ1n) is 8.32. The molecule has 23 heavy (non-hydrogen) atoms. The average molecular weight is 336 g/mol. The smallest absolute Gasteiger partial charge is 0.323 e. The van der Waals surface area contributed by atoms with Gasteiger partial charge in [0.15, 0.2) is 5.13 Å². The van der Waals surface area contributed by atoms with Gasteiger partial charge < -0.3 is 9.80 Å². The summed E-state index contributed by atoms with van der Waals surface area (Å²) in [7, 11) is 1.84. The van der Waals surface area contributed by atoms with Gasteiger partial charge in [0.05, 0.1) is 5.69 Å². The van der Waals surface area contributed by atoms with E-state index in [0.717, 1.165) is 30.8 Å². The molecule has 1 N–H and O–H groups in total. The first-order chi connectivity index (χ1) is 11.0. The monoisotopic (exact) mass is 336 g/mol. The number of piperidine rings is 1. The van der Waals surface area contributed by atoms with Gasteiger partial charge in [-0.3, -0.25) is 10.1 Å². The molecule has 0 atom stereocenters. The predicted molar refractivity (Wildman–Crippen MR) is 90.8 cm³/mol. The highest BCUT2D eigenvalue weighted by Crippen LogP contribution is 2.29. The molecular weight excluding hydrogens is 312 g/mol. The van der Waals surface area contributed by atoms with Crippen molar-refractivity contribution in [1.29, 1.82) is 0 Å². The number of nitrogens with one attached hydrogen (secondary N) is 1. The predicted octanol–water partition coefficient (Wildman–Crippen LogP) is 2.50. The number of aromatic nitrogens is 1. The third-order valence-electron chi connectivity index (χ3n) is 4.86. The quantitative estimate of drug-likeness (QED) is 0.902. The molecule has 0 spiro atoms. The maximum absolute atomic E-state index is 12.4. The minimum absolute atomic E-state index is 0.0694. The normalized spacial score (nSPS) is 18.4. The Balaban J connectivity index is 1.53. The number of carbonyl (C=O) groups is 2. The van der Waals surface area contributed by atoms with E-state index in [2.05, 4.69) is 10.3 Å². The second-order valence-electron chi connectivity index (χ2n) is 6.37. The maximum atomic E-state index is 12.4. The van der Waals surface area contributed by atoms with Crippen LogP contribution >= 0.6 is 11.3 Å². The number of anilines is 1. The fourth-order valence-corrected chi connectivity index (χ4v) is 4.33. The van der Waals surface area contributed by atoms with Gasteiger partial charge >= 0.3 is 6.03 Å². The Hall–Kier alpha value is -1.63. The SMILES string of the molecule is CC(=O)N(C)C1CCN(C(=O)Nc2nc3c(s2)CCCC3)CC1. The number of fused-ring (bicyclic) bond motifs is 1.